The Morgan fingerprint density at radius 1 is 1.24 bits per heavy atom. The highest BCUT2D eigenvalue weighted by Crippen LogP contribution is 2.28. The highest BCUT2D eigenvalue weighted by Gasteiger charge is 2.12. The number of thiophene rings is 1. The molecular weight excluding hydrogens is 412 g/mol. The monoisotopic (exact) mass is 430 g/mol. The zero-order valence-corrected chi connectivity index (χ0v) is 16.3. The van der Waals surface area contributed by atoms with E-state index in [0.29, 0.717) is 0 Å². The summed E-state index contributed by atoms with van der Waals surface area (Å²) in [6, 6.07) is 8.85. The van der Waals surface area contributed by atoms with Gasteiger partial charge < -0.3 is 10.6 Å². The average Bonchev–Trinajstić information content (AvgIpc) is 2.85. The fourth-order valence-electron chi connectivity index (χ4n) is 2.25. The Balaban J connectivity index is 2.21. The van der Waals surface area contributed by atoms with Crippen LogP contribution in [0.15, 0.2) is 38.6 Å². The summed E-state index contributed by atoms with van der Waals surface area (Å²) in [6.07, 6.45) is 1.91. The van der Waals surface area contributed by atoms with Gasteiger partial charge in [0, 0.05) is 38.0 Å². The lowest BCUT2D eigenvalue weighted by Gasteiger charge is -2.23. The number of nitrogens with two attached hydrogens (primary N) is 1. The van der Waals surface area contributed by atoms with Crippen LogP contribution in [0.25, 0.3) is 0 Å². The van der Waals surface area contributed by atoms with Gasteiger partial charge in [-0.3, -0.25) is 0 Å². The minimum absolute atomic E-state index is 0.217. The van der Waals surface area contributed by atoms with E-state index >= 15 is 0 Å². The van der Waals surface area contributed by atoms with Gasteiger partial charge in [0.25, 0.3) is 0 Å². The van der Waals surface area contributed by atoms with Crippen LogP contribution < -0.4 is 10.6 Å². The zero-order valence-electron chi connectivity index (χ0n) is 12.3. The van der Waals surface area contributed by atoms with Crippen molar-refractivity contribution in [1.29, 1.82) is 0 Å². The van der Waals surface area contributed by atoms with E-state index in [-0.39, 0.29) is 6.04 Å². The second-order valence-corrected chi connectivity index (χ2v) is 8.06. The molecule has 0 bridgehead atoms. The summed E-state index contributed by atoms with van der Waals surface area (Å²) >= 11 is 8.87. The third-order valence-electron chi connectivity index (χ3n) is 3.48. The Morgan fingerprint density at radius 2 is 2.00 bits per heavy atom. The molecule has 0 saturated heterocycles. The Morgan fingerprint density at radius 3 is 2.62 bits per heavy atom. The van der Waals surface area contributed by atoms with Gasteiger partial charge in [0.1, 0.15) is 0 Å². The second-order valence-electron chi connectivity index (χ2n) is 5.23. The van der Waals surface area contributed by atoms with Gasteiger partial charge in [0.05, 0.1) is 6.54 Å². The number of nitrogens with zero attached hydrogens (tertiary/aromatic N) is 1. The molecule has 0 spiro atoms. The van der Waals surface area contributed by atoms with Crippen molar-refractivity contribution in [2.24, 2.45) is 5.73 Å². The molecule has 21 heavy (non-hydrogen) atoms. The first-order valence-corrected chi connectivity index (χ1v) is 9.44. The SMILES string of the molecule is CCC(N)Cc1ccc(Br)cc1N(C)Cc1cc(Br)cs1. The van der Waals surface area contributed by atoms with Crippen molar-refractivity contribution >= 4 is 48.9 Å². The van der Waals surface area contributed by atoms with Crippen molar-refractivity contribution in [2.45, 2.75) is 32.4 Å². The highest BCUT2D eigenvalue weighted by atomic mass is 79.9. The number of halogens is 2. The van der Waals surface area contributed by atoms with Gasteiger partial charge in [-0.2, -0.15) is 0 Å². The number of hydrogen-bond donors (Lipinski definition) is 1. The van der Waals surface area contributed by atoms with Gasteiger partial charge in [-0.15, -0.1) is 11.3 Å². The third-order valence-corrected chi connectivity index (χ3v) is 5.66. The summed E-state index contributed by atoms with van der Waals surface area (Å²) in [4.78, 5) is 3.64. The molecule has 0 fully saturated rings. The van der Waals surface area contributed by atoms with Crippen LogP contribution in [0.5, 0.6) is 0 Å². The molecule has 5 heteroatoms. The van der Waals surface area contributed by atoms with E-state index in [4.69, 9.17) is 5.73 Å². The maximum Gasteiger partial charge on any atom is 0.0520 e. The fourth-order valence-corrected chi connectivity index (χ4v) is 4.10. The van der Waals surface area contributed by atoms with Crippen LogP contribution in [0.4, 0.5) is 5.69 Å². The quantitative estimate of drug-likeness (QED) is 0.681. The van der Waals surface area contributed by atoms with Gasteiger partial charge in [-0.25, -0.2) is 0 Å². The van der Waals surface area contributed by atoms with Crippen molar-refractivity contribution < 1.29 is 0 Å². The molecule has 114 valence electrons. The molecule has 2 aromatic rings. The van der Waals surface area contributed by atoms with Crippen LogP contribution in [-0.2, 0) is 13.0 Å². The highest BCUT2D eigenvalue weighted by molar-refractivity contribution is 9.10. The van der Waals surface area contributed by atoms with Crippen LogP contribution in [-0.4, -0.2) is 13.1 Å². The predicted molar refractivity (Wildman–Crippen MR) is 100 cm³/mol. The van der Waals surface area contributed by atoms with Crippen LogP contribution in [0.3, 0.4) is 0 Å². The standard InChI is InChI=1S/C16H20Br2N2S/c1-3-14(19)6-11-4-5-12(17)8-16(11)20(2)9-15-7-13(18)10-21-15/h4-5,7-8,10,14H,3,6,9,19H2,1-2H3. The number of benzene rings is 1. The van der Waals surface area contributed by atoms with Crippen LogP contribution in [0.2, 0.25) is 0 Å². The normalized spacial score (nSPS) is 12.4. The molecule has 2 N–H and O–H groups in total. The molecule has 1 atom stereocenters. The van der Waals surface area contributed by atoms with E-state index in [1.54, 1.807) is 11.3 Å². The van der Waals surface area contributed by atoms with Crippen molar-refractivity contribution in [1.82, 2.24) is 0 Å². The molecule has 0 aliphatic rings. The second kappa shape index (κ2) is 7.77. The molecule has 1 aromatic heterocycles. The van der Waals surface area contributed by atoms with Gasteiger partial charge >= 0.3 is 0 Å². The molecule has 1 unspecified atom stereocenters. The molecule has 0 saturated carbocycles. The van der Waals surface area contributed by atoms with E-state index in [2.05, 4.69) is 80.4 Å². The first-order valence-electron chi connectivity index (χ1n) is 6.97. The predicted octanol–water partition coefficient (Wildman–Crippen LogP) is 5.19. The summed E-state index contributed by atoms with van der Waals surface area (Å²) < 4.78 is 2.25. The van der Waals surface area contributed by atoms with Gasteiger partial charge in [0.15, 0.2) is 0 Å². The van der Waals surface area contributed by atoms with Crippen LogP contribution >= 0.6 is 43.2 Å². The Kier molecular flexibility index (Phi) is 6.29. The zero-order chi connectivity index (χ0) is 15.4. The van der Waals surface area contributed by atoms with Crippen molar-refractivity contribution in [3.63, 3.8) is 0 Å². The Hall–Kier alpha value is -0.360. The van der Waals surface area contributed by atoms with Crippen molar-refractivity contribution in [3.05, 3.63) is 49.0 Å². The lowest BCUT2D eigenvalue weighted by atomic mass is 10.0. The summed E-state index contributed by atoms with van der Waals surface area (Å²) in [5.74, 6) is 0. The minimum Gasteiger partial charge on any atom is -0.369 e. The van der Waals surface area contributed by atoms with Gasteiger partial charge in [-0.1, -0.05) is 28.9 Å². The third kappa shape index (κ3) is 4.81. The summed E-state index contributed by atoms with van der Waals surface area (Å²) in [7, 11) is 2.14. The summed E-state index contributed by atoms with van der Waals surface area (Å²) in [5, 5.41) is 2.12. The number of rotatable bonds is 6. The lowest BCUT2D eigenvalue weighted by Crippen LogP contribution is -2.24. The molecule has 0 aliphatic heterocycles. The number of hydrogen-bond acceptors (Lipinski definition) is 3. The summed E-state index contributed by atoms with van der Waals surface area (Å²) in [5.41, 5.74) is 8.69. The van der Waals surface area contributed by atoms with E-state index < -0.39 is 0 Å². The molecule has 0 amide bonds. The molecule has 0 aliphatic carbocycles. The van der Waals surface area contributed by atoms with E-state index in [1.807, 2.05) is 0 Å². The maximum absolute atomic E-state index is 6.13. The minimum atomic E-state index is 0.217. The lowest BCUT2D eigenvalue weighted by molar-refractivity contribution is 0.645. The van der Waals surface area contributed by atoms with E-state index in [9.17, 15) is 0 Å². The maximum atomic E-state index is 6.13. The first-order chi connectivity index (χ1) is 9.99. The van der Waals surface area contributed by atoms with E-state index in [0.717, 1.165) is 28.3 Å². The molecule has 2 rings (SSSR count). The molecular formula is C16H20Br2N2S. The molecule has 1 aromatic carbocycles. The van der Waals surface area contributed by atoms with Crippen LogP contribution in [0.1, 0.15) is 23.8 Å². The molecule has 0 radical (unpaired) electrons. The molecule has 1 heterocycles. The van der Waals surface area contributed by atoms with Crippen molar-refractivity contribution in [2.75, 3.05) is 11.9 Å². The van der Waals surface area contributed by atoms with Crippen LogP contribution in [0, 0.1) is 0 Å². The Bertz CT molecular complexity index is 598. The molecule has 2 nitrogen and oxygen atoms in total. The number of anilines is 1. The largest absolute Gasteiger partial charge is 0.369 e. The fraction of sp³-hybridized carbons (Fsp3) is 0.375. The summed E-state index contributed by atoms with van der Waals surface area (Å²) in [6.45, 7) is 3.04. The first kappa shape index (κ1) is 17.0. The van der Waals surface area contributed by atoms with Gasteiger partial charge in [0.2, 0.25) is 0 Å². The smallest absolute Gasteiger partial charge is 0.0520 e. The topological polar surface area (TPSA) is 29.3 Å². The van der Waals surface area contributed by atoms with E-state index in [1.165, 1.54) is 16.1 Å². The average molecular weight is 432 g/mol. The van der Waals surface area contributed by atoms with Gasteiger partial charge in [-0.05, 0) is 52.5 Å². The Labute approximate surface area is 147 Å². The van der Waals surface area contributed by atoms with Crippen molar-refractivity contribution in [3.8, 4) is 0 Å².